The lowest BCUT2D eigenvalue weighted by Crippen LogP contribution is -2.38. The van der Waals surface area contributed by atoms with Gasteiger partial charge in [0, 0.05) is 14.1 Å². The maximum absolute atomic E-state index is 12.8. The van der Waals surface area contributed by atoms with Crippen LogP contribution in [0.25, 0.3) is 0 Å². The largest absolute Gasteiger partial charge is 0.452 e. The Morgan fingerprint density at radius 3 is 2.57 bits per heavy atom. The first kappa shape index (κ1) is 16.9. The number of hydrogen-bond acceptors (Lipinski definition) is 4. The van der Waals surface area contributed by atoms with Crippen LogP contribution >= 0.6 is 11.6 Å². The average Bonchev–Trinajstić information content (AvgIpc) is 2.41. The number of amides is 2. The van der Waals surface area contributed by atoms with Gasteiger partial charge in [0.25, 0.3) is 5.91 Å². The third-order valence-electron chi connectivity index (χ3n) is 2.42. The van der Waals surface area contributed by atoms with Gasteiger partial charge in [-0.1, -0.05) is 11.6 Å². The zero-order chi connectivity index (χ0) is 16.0. The van der Waals surface area contributed by atoms with Crippen LogP contribution in [0.5, 0.6) is 0 Å². The van der Waals surface area contributed by atoms with Crippen molar-refractivity contribution in [2.45, 2.75) is 0 Å². The normalized spacial score (nSPS) is 9.90. The molecule has 0 saturated carbocycles. The van der Waals surface area contributed by atoms with Crippen LogP contribution in [0.3, 0.4) is 0 Å². The molecule has 0 heterocycles. The standard InChI is InChI=1S/C13H14ClFN2O4/c1-17(2)12(19)6-16-11(18)7-21-13(20)9-4-3-8(15)5-10(9)14/h3-5H,6-7H2,1-2H3,(H,16,18). The van der Waals surface area contributed by atoms with E-state index in [0.29, 0.717) is 0 Å². The van der Waals surface area contributed by atoms with Gasteiger partial charge in [0.05, 0.1) is 17.1 Å². The van der Waals surface area contributed by atoms with Crippen molar-refractivity contribution in [2.24, 2.45) is 0 Å². The third-order valence-corrected chi connectivity index (χ3v) is 2.73. The Hall–Kier alpha value is -2.15. The monoisotopic (exact) mass is 316 g/mol. The number of carbonyl (C=O) groups excluding carboxylic acids is 3. The zero-order valence-corrected chi connectivity index (χ0v) is 12.2. The molecular weight excluding hydrogens is 303 g/mol. The van der Waals surface area contributed by atoms with E-state index in [1.165, 1.54) is 4.90 Å². The van der Waals surface area contributed by atoms with Crippen LogP contribution in [0.2, 0.25) is 5.02 Å². The molecule has 8 heteroatoms. The topological polar surface area (TPSA) is 75.7 Å². The van der Waals surface area contributed by atoms with Crippen LogP contribution in [-0.4, -0.2) is 49.9 Å². The van der Waals surface area contributed by atoms with Crippen LogP contribution in [0.15, 0.2) is 18.2 Å². The Morgan fingerprint density at radius 2 is 2.00 bits per heavy atom. The van der Waals surface area contributed by atoms with Crippen molar-refractivity contribution in [1.29, 1.82) is 0 Å². The summed E-state index contributed by atoms with van der Waals surface area (Å²) in [6, 6.07) is 3.18. The molecule has 0 aliphatic heterocycles. The molecule has 0 bridgehead atoms. The van der Waals surface area contributed by atoms with Gasteiger partial charge in [-0.25, -0.2) is 9.18 Å². The number of benzene rings is 1. The first-order chi connectivity index (χ1) is 9.81. The maximum atomic E-state index is 12.8. The lowest BCUT2D eigenvalue weighted by molar-refractivity contribution is -0.131. The Balaban J connectivity index is 2.46. The number of esters is 1. The molecule has 0 saturated heterocycles. The van der Waals surface area contributed by atoms with Crippen molar-refractivity contribution in [2.75, 3.05) is 27.2 Å². The van der Waals surface area contributed by atoms with E-state index in [4.69, 9.17) is 16.3 Å². The van der Waals surface area contributed by atoms with E-state index in [0.717, 1.165) is 18.2 Å². The molecule has 1 aromatic rings. The number of carbonyl (C=O) groups is 3. The van der Waals surface area contributed by atoms with Gasteiger partial charge in [0.1, 0.15) is 5.82 Å². The number of likely N-dealkylation sites (N-methyl/N-ethyl adjacent to an activating group) is 1. The molecule has 0 atom stereocenters. The molecule has 0 aromatic heterocycles. The van der Waals surface area contributed by atoms with E-state index in [2.05, 4.69) is 5.32 Å². The molecule has 1 N–H and O–H groups in total. The number of halogens is 2. The summed E-state index contributed by atoms with van der Waals surface area (Å²) in [5.41, 5.74) is -0.0461. The fourth-order valence-electron chi connectivity index (χ4n) is 1.25. The minimum absolute atomic E-state index is 0.0461. The molecular formula is C13H14ClFN2O4. The lowest BCUT2D eigenvalue weighted by Gasteiger charge is -2.11. The molecule has 114 valence electrons. The Labute approximate surface area is 125 Å². The molecule has 1 aromatic carbocycles. The fraction of sp³-hybridized carbons (Fsp3) is 0.308. The van der Waals surface area contributed by atoms with E-state index >= 15 is 0 Å². The van der Waals surface area contributed by atoms with Gasteiger partial charge in [0.15, 0.2) is 6.61 Å². The van der Waals surface area contributed by atoms with E-state index in [1.54, 1.807) is 14.1 Å². The summed E-state index contributed by atoms with van der Waals surface area (Å²) in [6.07, 6.45) is 0. The fourth-order valence-corrected chi connectivity index (χ4v) is 1.49. The molecule has 0 aliphatic rings. The summed E-state index contributed by atoms with van der Waals surface area (Å²) in [7, 11) is 3.09. The number of nitrogens with one attached hydrogen (secondary N) is 1. The lowest BCUT2D eigenvalue weighted by atomic mass is 10.2. The molecule has 0 radical (unpaired) electrons. The Bertz CT molecular complexity index is 563. The van der Waals surface area contributed by atoms with Crippen LogP contribution in [0, 0.1) is 5.82 Å². The van der Waals surface area contributed by atoms with E-state index in [-0.39, 0.29) is 23.0 Å². The highest BCUT2D eigenvalue weighted by molar-refractivity contribution is 6.33. The molecule has 0 spiro atoms. The van der Waals surface area contributed by atoms with E-state index in [1.807, 2.05) is 0 Å². The second kappa shape index (κ2) is 7.58. The van der Waals surface area contributed by atoms with Gasteiger partial charge >= 0.3 is 5.97 Å². The van der Waals surface area contributed by atoms with Gasteiger partial charge in [-0.05, 0) is 18.2 Å². The van der Waals surface area contributed by atoms with Crippen LogP contribution in [0.1, 0.15) is 10.4 Å². The molecule has 0 unspecified atom stereocenters. The average molecular weight is 317 g/mol. The van der Waals surface area contributed by atoms with Crippen molar-refractivity contribution in [3.8, 4) is 0 Å². The maximum Gasteiger partial charge on any atom is 0.340 e. The van der Waals surface area contributed by atoms with E-state index < -0.39 is 24.3 Å². The first-order valence-corrected chi connectivity index (χ1v) is 6.28. The predicted octanol–water partition coefficient (Wildman–Crippen LogP) is 0.840. The molecule has 0 aliphatic carbocycles. The summed E-state index contributed by atoms with van der Waals surface area (Å²) < 4.78 is 17.6. The van der Waals surface area contributed by atoms with Gasteiger partial charge in [0.2, 0.25) is 5.91 Å². The van der Waals surface area contributed by atoms with Gasteiger partial charge in [-0.15, -0.1) is 0 Å². The molecule has 21 heavy (non-hydrogen) atoms. The minimum Gasteiger partial charge on any atom is -0.452 e. The Kier molecular flexibility index (Phi) is 6.10. The van der Waals surface area contributed by atoms with Crippen molar-refractivity contribution < 1.29 is 23.5 Å². The summed E-state index contributed by atoms with van der Waals surface area (Å²) in [5, 5.41) is 2.19. The molecule has 0 fully saturated rings. The summed E-state index contributed by atoms with van der Waals surface area (Å²) in [5.74, 6) is -2.36. The number of hydrogen-bond donors (Lipinski definition) is 1. The van der Waals surface area contributed by atoms with Crippen molar-refractivity contribution >= 4 is 29.4 Å². The highest BCUT2D eigenvalue weighted by Crippen LogP contribution is 2.17. The van der Waals surface area contributed by atoms with Crippen LogP contribution < -0.4 is 5.32 Å². The second-order valence-electron chi connectivity index (χ2n) is 4.27. The highest BCUT2D eigenvalue weighted by atomic mass is 35.5. The Morgan fingerprint density at radius 1 is 1.33 bits per heavy atom. The van der Waals surface area contributed by atoms with Gasteiger partial charge < -0.3 is 15.0 Å². The van der Waals surface area contributed by atoms with Crippen molar-refractivity contribution in [3.63, 3.8) is 0 Å². The van der Waals surface area contributed by atoms with Crippen LogP contribution in [0.4, 0.5) is 4.39 Å². The quantitative estimate of drug-likeness (QED) is 0.817. The van der Waals surface area contributed by atoms with Crippen molar-refractivity contribution in [1.82, 2.24) is 10.2 Å². The third kappa shape index (κ3) is 5.39. The van der Waals surface area contributed by atoms with Gasteiger partial charge in [-0.3, -0.25) is 9.59 Å². The number of rotatable bonds is 5. The highest BCUT2D eigenvalue weighted by Gasteiger charge is 2.15. The second-order valence-corrected chi connectivity index (χ2v) is 4.67. The SMILES string of the molecule is CN(C)C(=O)CNC(=O)COC(=O)c1ccc(F)cc1Cl. The zero-order valence-electron chi connectivity index (χ0n) is 11.5. The minimum atomic E-state index is -0.853. The molecule has 2 amide bonds. The summed E-state index contributed by atoms with van der Waals surface area (Å²) in [6.45, 7) is -0.756. The predicted molar refractivity (Wildman–Crippen MR) is 73.4 cm³/mol. The van der Waals surface area contributed by atoms with E-state index in [9.17, 15) is 18.8 Å². The first-order valence-electron chi connectivity index (χ1n) is 5.90. The van der Waals surface area contributed by atoms with Gasteiger partial charge in [-0.2, -0.15) is 0 Å². The smallest absolute Gasteiger partial charge is 0.340 e. The van der Waals surface area contributed by atoms with Crippen molar-refractivity contribution in [3.05, 3.63) is 34.6 Å². The molecule has 6 nitrogen and oxygen atoms in total. The summed E-state index contributed by atoms with van der Waals surface area (Å²) in [4.78, 5) is 35.6. The van der Waals surface area contributed by atoms with Crippen LogP contribution in [-0.2, 0) is 14.3 Å². The molecule has 1 rings (SSSR count). The number of ether oxygens (including phenoxy) is 1. The number of nitrogens with zero attached hydrogens (tertiary/aromatic N) is 1. The summed E-state index contributed by atoms with van der Waals surface area (Å²) >= 11 is 5.69.